The minimum Gasteiger partial charge on any atom is -0.369 e. The standard InChI is InChI=1S/C4H7N3O/c1-6-3-7-2-4(5)8/h7H,2-3H2,(H2,5,8). The third kappa shape index (κ3) is 4.92. The van der Waals surface area contributed by atoms with Crippen molar-refractivity contribution in [3.8, 4) is 0 Å². The highest BCUT2D eigenvalue weighted by Gasteiger charge is 1.90. The molecule has 0 aromatic carbocycles. The van der Waals surface area contributed by atoms with Gasteiger partial charge >= 0.3 is 0 Å². The highest BCUT2D eigenvalue weighted by atomic mass is 16.1. The van der Waals surface area contributed by atoms with Gasteiger partial charge in [0, 0.05) is 0 Å². The fourth-order valence-electron chi connectivity index (χ4n) is 0.235. The van der Waals surface area contributed by atoms with Crippen LogP contribution in [0, 0.1) is 6.57 Å². The van der Waals surface area contributed by atoms with E-state index in [1.807, 2.05) is 0 Å². The molecule has 44 valence electrons. The smallest absolute Gasteiger partial charge is 0.268 e. The minimum absolute atomic E-state index is 0.0857. The summed E-state index contributed by atoms with van der Waals surface area (Å²) < 4.78 is 0. The highest BCUT2D eigenvalue weighted by molar-refractivity contribution is 5.75. The Kier molecular flexibility index (Phi) is 3.54. The van der Waals surface area contributed by atoms with E-state index in [4.69, 9.17) is 12.3 Å². The molecule has 1 amide bonds. The normalized spacial score (nSPS) is 7.88. The van der Waals surface area contributed by atoms with Crippen LogP contribution in [0.5, 0.6) is 0 Å². The van der Waals surface area contributed by atoms with Gasteiger partial charge in [-0.1, -0.05) is 0 Å². The molecule has 0 aromatic rings. The second kappa shape index (κ2) is 4.09. The molecule has 0 atom stereocenters. The zero-order valence-corrected chi connectivity index (χ0v) is 4.35. The Labute approximate surface area is 47.5 Å². The first-order chi connectivity index (χ1) is 3.77. The second-order valence-electron chi connectivity index (χ2n) is 1.21. The molecule has 0 aromatic heterocycles. The number of carbonyl (C=O) groups is 1. The van der Waals surface area contributed by atoms with Gasteiger partial charge < -0.3 is 5.73 Å². The zero-order valence-electron chi connectivity index (χ0n) is 4.35. The topological polar surface area (TPSA) is 59.5 Å². The molecule has 0 saturated carbocycles. The van der Waals surface area contributed by atoms with Crippen LogP contribution in [0.25, 0.3) is 4.85 Å². The lowest BCUT2D eigenvalue weighted by Crippen LogP contribution is -2.27. The van der Waals surface area contributed by atoms with Crippen molar-refractivity contribution in [2.24, 2.45) is 5.73 Å². The molecule has 8 heavy (non-hydrogen) atoms. The van der Waals surface area contributed by atoms with Gasteiger partial charge in [-0.05, 0) is 0 Å². The summed E-state index contributed by atoms with van der Waals surface area (Å²) in [7, 11) is 0. The summed E-state index contributed by atoms with van der Waals surface area (Å²) in [5.41, 5.74) is 4.73. The van der Waals surface area contributed by atoms with Gasteiger partial charge in [-0.15, -0.1) is 0 Å². The number of hydrogen-bond donors (Lipinski definition) is 2. The maximum Gasteiger partial charge on any atom is 0.268 e. The van der Waals surface area contributed by atoms with Gasteiger partial charge in [0.2, 0.25) is 5.91 Å². The van der Waals surface area contributed by atoms with E-state index in [1.165, 1.54) is 0 Å². The van der Waals surface area contributed by atoms with Crippen LogP contribution in [0.2, 0.25) is 0 Å². The Bertz CT molecular complexity index is 115. The summed E-state index contributed by atoms with van der Waals surface area (Å²) in [6.07, 6.45) is 0. The predicted molar refractivity (Wildman–Crippen MR) is 28.7 cm³/mol. The van der Waals surface area contributed by atoms with Crippen LogP contribution in [-0.2, 0) is 4.79 Å². The fourth-order valence-corrected chi connectivity index (χ4v) is 0.235. The first kappa shape index (κ1) is 6.92. The summed E-state index contributed by atoms with van der Waals surface area (Å²) >= 11 is 0. The van der Waals surface area contributed by atoms with E-state index in [1.54, 1.807) is 0 Å². The first-order valence-electron chi connectivity index (χ1n) is 2.09. The number of rotatable bonds is 3. The molecule has 4 heteroatoms. The van der Waals surface area contributed by atoms with Gasteiger partial charge in [-0.3, -0.25) is 9.64 Å². The molecule has 0 saturated heterocycles. The van der Waals surface area contributed by atoms with E-state index >= 15 is 0 Å². The molecule has 4 nitrogen and oxygen atoms in total. The number of hydrogen-bond acceptors (Lipinski definition) is 2. The zero-order chi connectivity index (χ0) is 6.41. The van der Waals surface area contributed by atoms with Gasteiger partial charge in [-0.25, -0.2) is 11.9 Å². The fraction of sp³-hybridized carbons (Fsp3) is 0.500. The van der Waals surface area contributed by atoms with Gasteiger partial charge in [0.15, 0.2) is 0 Å². The van der Waals surface area contributed by atoms with Gasteiger partial charge in [-0.2, -0.15) is 0 Å². The Hall–Kier alpha value is -1.08. The van der Waals surface area contributed by atoms with Gasteiger partial charge in [0.25, 0.3) is 6.67 Å². The van der Waals surface area contributed by atoms with Crippen LogP contribution < -0.4 is 11.1 Å². The Morgan fingerprint density at radius 1 is 1.88 bits per heavy atom. The largest absolute Gasteiger partial charge is 0.369 e. The van der Waals surface area contributed by atoms with Crippen LogP contribution in [-0.4, -0.2) is 19.1 Å². The molecule has 3 N–H and O–H groups in total. The SMILES string of the molecule is [C-]#[N+]CNCC(N)=O. The minimum atomic E-state index is -0.436. The molecular weight excluding hydrogens is 106 g/mol. The molecule has 0 spiro atoms. The number of nitrogens with two attached hydrogens (primary N) is 1. The molecule has 0 heterocycles. The molecule has 0 fully saturated rings. The van der Waals surface area contributed by atoms with Crippen molar-refractivity contribution in [2.45, 2.75) is 0 Å². The summed E-state index contributed by atoms with van der Waals surface area (Å²) in [6, 6.07) is 0. The van der Waals surface area contributed by atoms with Crippen molar-refractivity contribution in [3.05, 3.63) is 11.4 Å². The highest BCUT2D eigenvalue weighted by Crippen LogP contribution is 1.58. The van der Waals surface area contributed by atoms with Crippen LogP contribution >= 0.6 is 0 Å². The van der Waals surface area contributed by atoms with E-state index in [-0.39, 0.29) is 13.2 Å². The summed E-state index contributed by atoms with van der Waals surface area (Å²) in [4.78, 5) is 12.9. The summed E-state index contributed by atoms with van der Waals surface area (Å²) in [6.45, 7) is 6.50. The Balaban J connectivity index is 2.97. The lowest BCUT2D eigenvalue weighted by Gasteiger charge is -1.88. The summed E-state index contributed by atoms with van der Waals surface area (Å²) in [5.74, 6) is -0.436. The molecule has 0 aliphatic carbocycles. The molecule has 0 aliphatic rings. The first-order valence-corrected chi connectivity index (χ1v) is 2.09. The quantitative estimate of drug-likeness (QED) is 0.362. The molecule has 0 bridgehead atoms. The van der Waals surface area contributed by atoms with Crippen LogP contribution in [0.4, 0.5) is 0 Å². The third-order valence-corrected chi connectivity index (χ3v) is 0.490. The van der Waals surface area contributed by atoms with Crippen LogP contribution in [0.1, 0.15) is 0 Å². The predicted octanol–water partition coefficient (Wildman–Crippen LogP) is -1.06. The summed E-state index contributed by atoms with van der Waals surface area (Å²) in [5, 5.41) is 2.51. The molecule has 0 unspecified atom stereocenters. The monoisotopic (exact) mass is 113 g/mol. The number of primary amides is 1. The Morgan fingerprint density at radius 2 is 2.50 bits per heavy atom. The van der Waals surface area contributed by atoms with Crippen molar-refractivity contribution in [3.63, 3.8) is 0 Å². The van der Waals surface area contributed by atoms with E-state index in [0.29, 0.717) is 0 Å². The average Bonchev–Trinajstić information content (AvgIpc) is 1.66. The molecule has 0 radical (unpaired) electrons. The van der Waals surface area contributed by atoms with Crippen molar-refractivity contribution < 1.29 is 4.79 Å². The van der Waals surface area contributed by atoms with E-state index < -0.39 is 5.91 Å². The van der Waals surface area contributed by atoms with Crippen molar-refractivity contribution in [1.82, 2.24) is 5.32 Å². The molecular formula is C4H7N3O. The maximum atomic E-state index is 9.93. The average molecular weight is 113 g/mol. The second-order valence-corrected chi connectivity index (χ2v) is 1.21. The maximum absolute atomic E-state index is 9.93. The van der Waals surface area contributed by atoms with E-state index in [0.717, 1.165) is 0 Å². The lowest BCUT2D eigenvalue weighted by molar-refractivity contribution is -0.117. The van der Waals surface area contributed by atoms with E-state index in [2.05, 4.69) is 10.2 Å². The lowest BCUT2D eigenvalue weighted by atomic mass is 10.6. The number of nitrogens with one attached hydrogen (secondary N) is 1. The van der Waals surface area contributed by atoms with E-state index in [9.17, 15) is 4.79 Å². The van der Waals surface area contributed by atoms with Crippen molar-refractivity contribution >= 4 is 5.91 Å². The van der Waals surface area contributed by atoms with Crippen molar-refractivity contribution in [2.75, 3.05) is 13.2 Å². The van der Waals surface area contributed by atoms with Crippen LogP contribution in [0.15, 0.2) is 0 Å². The molecule has 0 rings (SSSR count). The molecule has 0 aliphatic heterocycles. The number of amides is 1. The van der Waals surface area contributed by atoms with Gasteiger partial charge in [0.05, 0.1) is 6.54 Å². The Morgan fingerprint density at radius 3 is 2.88 bits per heavy atom. The van der Waals surface area contributed by atoms with Crippen LogP contribution in [0.3, 0.4) is 0 Å². The number of carbonyl (C=O) groups excluding carboxylic acids is 1. The van der Waals surface area contributed by atoms with Crippen molar-refractivity contribution in [1.29, 1.82) is 0 Å². The van der Waals surface area contributed by atoms with Gasteiger partial charge in [0.1, 0.15) is 0 Å². The number of nitrogens with zero attached hydrogens (tertiary/aromatic N) is 1. The third-order valence-electron chi connectivity index (χ3n) is 0.490.